The zero-order valence-electron chi connectivity index (χ0n) is 12.4. The number of aliphatic hydroxyl groups excluding tert-OH is 1. The van der Waals surface area contributed by atoms with Crippen LogP contribution in [0.1, 0.15) is 23.6 Å². The summed E-state index contributed by atoms with van der Waals surface area (Å²) in [6.45, 7) is 5.84. The van der Waals surface area contributed by atoms with E-state index in [1.807, 2.05) is 32.9 Å². The van der Waals surface area contributed by atoms with Crippen molar-refractivity contribution in [1.29, 1.82) is 0 Å². The van der Waals surface area contributed by atoms with E-state index in [1.54, 1.807) is 18.2 Å². The van der Waals surface area contributed by atoms with E-state index < -0.39 is 0 Å². The molecule has 1 N–H and O–H groups in total. The normalized spacial score (nSPS) is 12.7. The van der Waals surface area contributed by atoms with Crippen LogP contribution in [0.4, 0.5) is 0 Å². The summed E-state index contributed by atoms with van der Waals surface area (Å²) in [5, 5.41) is 10.1. The topological polar surface area (TPSA) is 53.7 Å². The van der Waals surface area contributed by atoms with Crippen LogP contribution < -0.4 is 0 Å². The van der Waals surface area contributed by atoms with E-state index in [0.29, 0.717) is 0 Å². The Labute approximate surface area is 119 Å². The molecule has 0 fully saturated rings. The van der Waals surface area contributed by atoms with Gasteiger partial charge >= 0.3 is 0 Å². The van der Waals surface area contributed by atoms with Gasteiger partial charge in [0.05, 0.1) is 25.3 Å². The molecule has 4 heteroatoms. The van der Waals surface area contributed by atoms with Gasteiger partial charge in [0.1, 0.15) is 5.58 Å². The molecule has 1 heterocycles. The molecule has 0 saturated carbocycles. The van der Waals surface area contributed by atoms with E-state index in [1.165, 1.54) is 5.56 Å². The molecule has 1 amide bonds. The second-order valence-corrected chi connectivity index (χ2v) is 5.36. The second kappa shape index (κ2) is 5.67. The maximum Gasteiger partial charge on any atom is 0.227 e. The van der Waals surface area contributed by atoms with Crippen LogP contribution >= 0.6 is 0 Å². The van der Waals surface area contributed by atoms with Gasteiger partial charge in [0.2, 0.25) is 5.91 Å². The molecule has 0 aliphatic carbocycles. The molecule has 0 aliphatic heterocycles. The summed E-state index contributed by atoms with van der Waals surface area (Å²) < 4.78 is 5.61. The first-order chi connectivity index (χ1) is 9.45. The fourth-order valence-corrected chi connectivity index (χ4v) is 2.18. The van der Waals surface area contributed by atoms with Gasteiger partial charge in [0.15, 0.2) is 0 Å². The summed E-state index contributed by atoms with van der Waals surface area (Å²) in [6.07, 6.45) is 1.95. The minimum atomic E-state index is -0.176. The van der Waals surface area contributed by atoms with Gasteiger partial charge in [-0.3, -0.25) is 4.79 Å². The lowest BCUT2D eigenvalue weighted by molar-refractivity contribution is -0.131. The fourth-order valence-electron chi connectivity index (χ4n) is 2.18. The van der Waals surface area contributed by atoms with Gasteiger partial charge in [-0.2, -0.15) is 0 Å². The Balaban J connectivity index is 2.27. The Morgan fingerprint density at radius 2 is 2.10 bits per heavy atom. The number of likely N-dealkylation sites (N-methyl/N-ethyl adjacent to an activating group) is 1. The number of amides is 1. The Kier molecular flexibility index (Phi) is 4.14. The highest BCUT2D eigenvalue weighted by molar-refractivity contribution is 5.89. The number of rotatable bonds is 4. The van der Waals surface area contributed by atoms with E-state index in [9.17, 15) is 4.79 Å². The van der Waals surface area contributed by atoms with E-state index in [-0.39, 0.29) is 25.0 Å². The van der Waals surface area contributed by atoms with Crippen molar-refractivity contribution in [2.24, 2.45) is 0 Å². The number of aryl methyl sites for hydroxylation is 2. The highest BCUT2D eigenvalue weighted by Gasteiger charge is 2.18. The molecular weight excluding hydrogens is 254 g/mol. The van der Waals surface area contributed by atoms with Crippen LogP contribution in [0.3, 0.4) is 0 Å². The smallest absolute Gasteiger partial charge is 0.227 e. The molecule has 4 nitrogen and oxygen atoms in total. The van der Waals surface area contributed by atoms with Gasteiger partial charge in [0, 0.05) is 18.0 Å². The zero-order chi connectivity index (χ0) is 14.9. The van der Waals surface area contributed by atoms with Crippen LogP contribution in [-0.4, -0.2) is 35.6 Å². The molecule has 1 unspecified atom stereocenters. The van der Waals surface area contributed by atoms with Crippen molar-refractivity contribution in [1.82, 2.24) is 4.90 Å². The minimum Gasteiger partial charge on any atom is -0.464 e. The number of hydrogen-bond donors (Lipinski definition) is 1. The molecule has 2 aromatic rings. The summed E-state index contributed by atoms with van der Waals surface area (Å²) in [5.74, 6) is -0.0209. The summed E-state index contributed by atoms with van der Waals surface area (Å²) in [5.41, 5.74) is 4.03. The van der Waals surface area contributed by atoms with E-state index in [0.717, 1.165) is 22.1 Å². The molecule has 1 aromatic heterocycles. The maximum atomic E-state index is 12.2. The first kappa shape index (κ1) is 14.6. The van der Waals surface area contributed by atoms with Crippen LogP contribution in [-0.2, 0) is 11.2 Å². The lowest BCUT2D eigenvalue weighted by Crippen LogP contribution is -2.38. The van der Waals surface area contributed by atoms with Crippen molar-refractivity contribution in [3.8, 4) is 0 Å². The quantitative estimate of drug-likeness (QED) is 0.932. The molecule has 0 radical (unpaired) electrons. The monoisotopic (exact) mass is 275 g/mol. The Morgan fingerprint density at radius 3 is 2.75 bits per heavy atom. The Bertz CT molecular complexity index is 630. The van der Waals surface area contributed by atoms with E-state index in [2.05, 4.69) is 0 Å². The van der Waals surface area contributed by atoms with Crippen molar-refractivity contribution in [2.45, 2.75) is 33.2 Å². The molecule has 0 saturated heterocycles. The van der Waals surface area contributed by atoms with Crippen LogP contribution in [0.25, 0.3) is 11.0 Å². The molecular formula is C16H21NO3. The van der Waals surface area contributed by atoms with Crippen LogP contribution in [0.5, 0.6) is 0 Å². The van der Waals surface area contributed by atoms with Crippen LogP contribution in [0.2, 0.25) is 0 Å². The largest absolute Gasteiger partial charge is 0.464 e. The van der Waals surface area contributed by atoms with Crippen molar-refractivity contribution in [2.75, 3.05) is 13.7 Å². The van der Waals surface area contributed by atoms with Crippen LogP contribution in [0.15, 0.2) is 22.8 Å². The molecule has 1 atom stereocenters. The number of furan rings is 1. The highest BCUT2D eigenvalue weighted by atomic mass is 16.3. The number of fused-ring (bicyclic) bond motifs is 1. The zero-order valence-corrected chi connectivity index (χ0v) is 12.4. The number of carbonyl (C=O) groups is 1. The van der Waals surface area contributed by atoms with Gasteiger partial charge in [0.25, 0.3) is 0 Å². The van der Waals surface area contributed by atoms with Gasteiger partial charge < -0.3 is 14.4 Å². The predicted molar refractivity (Wildman–Crippen MR) is 78.7 cm³/mol. The lowest BCUT2D eigenvalue weighted by Gasteiger charge is -2.22. The average Bonchev–Trinajstić information content (AvgIpc) is 2.84. The fraction of sp³-hybridized carbons (Fsp3) is 0.438. The molecule has 1 aromatic carbocycles. The number of aliphatic hydroxyl groups is 1. The van der Waals surface area contributed by atoms with Gasteiger partial charge in [-0.15, -0.1) is 0 Å². The predicted octanol–water partition coefficient (Wildman–Crippen LogP) is 2.43. The highest BCUT2D eigenvalue weighted by Crippen LogP contribution is 2.27. The van der Waals surface area contributed by atoms with Gasteiger partial charge in [-0.25, -0.2) is 0 Å². The first-order valence-corrected chi connectivity index (χ1v) is 6.78. The molecule has 0 aliphatic rings. The average molecular weight is 275 g/mol. The maximum absolute atomic E-state index is 12.2. The number of hydrogen-bond acceptors (Lipinski definition) is 3. The molecule has 0 spiro atoms. The molecule has 0 bridgehead atoms. The third-order valence-corrected chi connectivity index (χ3v) is 4.00. The van der Waals surface area contributed by atoms with Crippen molar-refractivity contribution < 1.29 is 14.3 Å². The summed E-state index contributed by atoms with van der Waals surface area (Å²) >= 11 is 0. The van der Waals surface area contributed by atoms with Gasteiger partial charge in [-0.1, -0.05) is 12.1 Å². The van der Waals surface area contributed by atoms with Crippen molar-refractivity contribution in [3.05, 3.63) is 35.1 Å². The number of carbonyl (C=O) groups excluding carboxylic acids is 1. The van der Waals surface area contributed by atoms with E-state index in [4.69, 9.17) is 9.52 Å². The van der Waals surface area contributed by atoms with Gasteiger partial charge in [-0.05, 0) is 31.9 Å². The summed E-state index contributed by atoms with van der Waals surface area (Å²) in [6, 6.07) is 3.87. The van der Waals surface area contributed by atoms with E-state index >= 15 is 0 Å². The SMILES string of the molecule is Cc1ccc2c(CC(=O)N(C)C(C)CO)coc2c1C. The van der Waals surface area contributed by atoms with Crippen molar-refractivity contribution in [3.63, 3.8) is 0 Å². The third kappa shape index (κ3) is 2.56. The molecule has 108 valence electrons. The Hall–Kier alpha value is -1.81. The first-order valence-electron chi connectivity index (χ1n) is 6.78. The Morgan fingerprint density at radius 1 is 1.40 bits per heavy atom. The standard InChI is InChI=1S/C16H21NO3/c1-10-5-6-14-13(9-20-16(14)12(10)3)7-15(19)17(4)11(2)8-18/h5-6,9,11,18H,7-8H2,1-4H3. The number of nitrogens with zero attached hydrogens (tertiary/aromatic N) is 1. The van der Waals surface area contributed by atoms with Crippen molar-refractivity contribution >= 4 is 16.9 Å². The van der Waals surface area contributed by atoms with Crippen LogP contribution in [0, 0.1) is 13.8 Å². The third-order valence-electron chi connectivity index (χ3n) is 4.00. The molecule has 2 rings (SSSR count). The summed E-state index contributed by atoms with van der Waals surface area (Å²) in [4.78, 5) is 13.7. The lowest BCUT2D eigenvalue weighted by atomic mass is 10.0. The summed E-state index contributed by atoms with van der Waals surface area (Å²) in [7, 11) is 1.71. The number of benzene rings is 1. The minimum absolute atomic E-state index is 0.0209. The second-order valence-electron chi connectivity index (χ2n) is 5.36. The molecule has 20 heavy (non-hydrogen) atoms.